The molecule has 2 unspecified atom stereocenters. The van der Waals surface area contributed by atoms with E-state index in [0.717, 1.165) is 45.4 Å². The Morgan fingerprint density at radius 2 is 2.13 bits per heavy atom. The van der Waals surface area contributed by atoms with E-state index in [1.54, 1.807) is 0 Å². The summed E-state index contributed by atoms with van der Waals surface area (Å²) >= 11 is 12.3. The molecule has 2 fully saturated rings. The molecule has 3 rings (SSSR count). The minimum Gasteiger partial charge on any atom is -0.353 e. The van der Waals surface area contributed by atoms with Crippen LogP contribution in [0.1, 0.15) is 44.1 Å². The maximum absolute atomic E-state index is 6.25. The summed E-state index contributed by atoms with van der Waals surface area (Å²) in [6.45, 7) is 3.58. The molecule has 1 aromatic carbocycles. The summed E-state index contributed by atoms with van der Waals surface area (Å²) < 4.78 is 11.6. The van der Waals surface area contributed by atoms with Crippen molar-refractivity contribution in [2.24, 2.45) is 0 Å². The van der Waals surface area contributed by atoms with Crippen molar-refractivity contribution in [2.75, 3.05) is 26.3 Å². The molecular weight excluding hydrogens is 333 g/mol. The quantitative estimate of drug-likeness (QED) is 0.838. The maximum Gasteiger partial charge on any atom is 0.157 e. The van der Waals surface area contributed by atoms with Crippen molar-refractivity contribution in [3.63, 3.8) is 0 Å². The van der Waals surface area contributed by atoms with E-state index in [4.69, 9.17) is 32.7 Å². The Morgan fingerprint density at radius 3 is 2.83 bits per heavy atom. The van der Waals surface area contributed by atoms with Gasteiger partial charge >= 0.3 is 0 Å². The summed E-state index contributed by atoms with van der Waals surface area (Å²) in [5.74, 6) is 0. The third-order valence-corrected chi connectivity index (χ3v) is 5.77. The van der Waals surface area contributed by atoms with Crippen molar-refractivity contribution in [1.82, 2.24) is 5.32 Å². The van der Waals surface area contributed by atoms with Gasteiger partial charge in [0.25, 0.3) is 0 Å². The lowest BCUT2D eigenvalue weighted by Gasteiger charge is -2.39. The summed E-state index contributed by atoms with van der Waals surface area (Å²) in [5.41, 5.74) is 1.33. The second-order valence-corrected chi connectivity index (χ2v) is 7.42. The Kier molecular flexibility index (Phi) is 6.22. The molecule has 0 aliphatic carbocycles. The van der Waals surface area contributed by atoms with Gasteiger partial charge in [0.15, 0.2) is 6.29 Å². The van der Waals surface area contributed by atoms with E-state index in [0.29, 0.717) is 16.7 Å². The van der Waals surface area contributed by atoms with Crippen LogP contribution in [0.15, 0.2) is 18.2 Å². The highest BCUT2D eigenvalue weighted by atomic mass is 35.5. The predicted octanol–water partition coefficient (Wildman–Crippen LogP) is 4.55. The molecule has 128 valence electrons. The van der Waals surface area contributed by atoms with E-state index in [1.165, 1.54) is 18.4 Å². The van der Waals surface area contributed by atoms with Crippen LogP contribution in [0.2, 0.25) is 10.0 Å². The van der Waals surface area contributed by atoms with E-state index in [1.807, 2.05) is 12.1 Å². The number of hydrogen-bond acceptors (Lipinski definition) is 3. The molecule has 2 heterocycles. The highest BCUT2D eigenvalue weighted by Gasteiger charge is 2.34. The SMILES string of the molecule is Clc1ccc(C2(CCOC3CCCCO3)CCCNC2)cc1Cl. The number of halogens is 2. The van der Waals surface area contributed by atoms with Crippen LogP contribution in [0, 0.1) is 0 Å². The van der Waals surface area contributed by atoms with Gasteiger partial charge in [-0.25, -0.2) is 0 Å². The van der Waals surface area contributed by atoms with Gasteiger partial charge in [0, 0.05) is 18.6 Å². The standard InChI is InChI=1S/C18H25Cl2NO2/c19-15-6-5-14(12-16(15)20)18(7-3-9-21-13-18)8-11-23-17-4-1-2-10-22-17/h5-6,12,17,21H,1-4,7-11,13H2. The first-order valence-electron chi connectivity index (χ1n) is 8.59. The lowest BCUT2D eigenvalue weighted by atomic mass is 9.72. The van der Waals surface area contributed by atoms with Crippen LogP contribution in [0.3, 0.4) is 0 Å². The second-order valence-electron chi connectivity index (χ2n) is 6.61. The molecule has 3 nitrogen and oxygen atoms in total. The maximum atomic E-state index is 6.25. The summed E-state index contributed by atoms with van der Waals surface area (Å²) in [6, 6.07) is 6.03. The number of benzene rings is 1. The van der Waals surface area contributed by atoms with Crippen molar-refractivity contribution in [2.45, 2.75) is 50.2 Å². The van der Waals surface area contributed by atoms with Gasteiger partial charge < -0.3 is 14.8 Å². The fourth-order valence-electron chi connectivity index (χ4n) is 3.63. The highest BCUT2D eigenvalue weighted by Crippen LogP contribution is 2.37. The molecule has 1 aromatic rings. The topological polar surface area (TPSA) is 30.5 Å². The number of ether oxygens (including phenoxy) is 2. The Hall–Kier alpha value is -0.320. The summed E-state index contributed by atoms with van der Waals surface area (Å²) in [4.78, 5) is 0. The van der Waals surface area contributed by atoms with Crippen LogP contribution in [-0.2, 0) is 14.9 Å². The zero-order valence-electron chi connectivity index (χ0n) is 13.5. The second kappa shape index (κ2) is 8.17. The van der Waals surface area contributed by atoms with E-state index in [2.05, 4.69) is 11.4 Å². The molecule has 2 saturated heterocycles. The zero-order chi connectivity index (χ0) is 16.1. The van der Waals surface area contributed by atoms with Crippen LogP contribution >= 0.6 is 23.2 Å². The first kappa shape index (κ1) is 17.5. The van der Waals surface area contributed by atoms with E-state index >= 15 is 0 Å². The molecule has 0 bridgehead atoms. The summed E-state index contributed by atoms with van der Waals surface area (Å²) in [7, 11) is 0. The van der Waals surface area contributed by atoms with Crippen molar-refractivity contribution in [3.05, 3.63) is 33.8 Å². The summed E-state index contributed by atoms with van der Waals surface area (Å²) in [6.07, 6.45) is 6.62. The average Bonchev–Trinajstić information content (AvgIpc) is 2.59. The van der Waals surface area contributed by atoms with Crippen molar-refractivity contribution >= 4 is 23.2 Å². The Balaban J connectivity index is 1.67. The van der Waals surface area contributed by atoms with Gasteiger partial charge in [-0.15, -0.1) is 0 Å². The van der Waals surface area contributed by atoms with Crippen molar-refractivity contribution in [1.29, 1.82) is 0 Å². The lowest BCUT2D eigenvalue weighted by molar-refractivity contribution is -0.164. The molecule has 1 N–H and O–H groups in total. The number of hydrogen-bond donors (Lipinski definition) is 1. The van der Waals surface area contributed by atoms with Gasteiger partial charge in [-0.3, -0.25) is 0 Å². The molecule has 0 aromatic heterocycles. The summed E-state index contributed by atoms with van der Waals surface area (Å²) in [5, 5.41) is 4.78. The minimum absolute atomic E-state index is 0.0221. The Labute approximate surface area is 148 Å². The molecule has 23 heavy (non-hydrogen) atoms. The third-order valence-electron chi connectivity index (χ3n) is 5.03. The van der Waals surface area contributed by atoms with Crippen LogP contribution < -0.4 is 5.32 Å². The molecular formula is C18H25Cl2NO2. The molecule has 0 radical (unpaired) electrons. The fourth-order valence-corrected chi connectivity index (χ4v) is 3.92. The Bertz CT molecular complexity index is 512. The van der Waals surface area contributed by atoms with Crippen LogP contribution in [0.5, 0.6) is 0 Å². The zero-order valence-corrected chi connectivity index (χ0v) is 15.0. The van der Waals surface area contributed by atoms with Crippen LogP contribution in [-0.4, -0.2) is 32.6 Å². The van der Waals surface area contributed by atoms with E-state index < -0.39 is 0 Å². The van der Waals surface area contributed by atoms with Crippen LogP contribution in [0.4, 0.5) is 0 Å². The third kappa shape index (κ3) is 4.40. The molecule has 5 heteroatoms. The minimum atomic E-state index is -0.0221. The predicted molar refractivity (Wildman–Crippen MR) is 94.4 cm³/mol. The smallest absolute Gasteiger partial charge is 0.157 e. The first-order valence-corrected chi connectivity index (χ1v) is 9.35. The van der Waals surface area contributed by atoms with Gasteiger partial charge in [-0.05, 0) is 62.8 Å². The number of nitrogens with one attached hydrogen (secondary N) is 1. The molecule has 0 spiro atoms. The van der Waals surface area contributed by atoms with Gasteiger partial charge in [-0.1, -0.05) is 29.3 Å². The van der Waals surface area contributed by atoms with Gasteiger partial charge in [0.1, 0.15) is 0 Å². The van der Waals surface area contributed by atoms with Gasteiger partial charge in [0.05, 0.1) is 16.7 Å². The normalized spacial score (nSPS) is 28.7. The van der Waals surface area contributed by atoms with E-state index in [9.17, 15) is 0 Å². The first-order chi connectivity index (χ1) is 11.2. The van der Waals surface area contributed by atoms with Crippen molar-refractivity contribution in [3.8, 4) is 0 Å². The largest absolute Gasteiger partial charge is 0.353 e. The molecule has 0 amide bonds. The highest BCUT2D eigenvalue weighted by molar-refractivity contribution is 6.42. The van der Waals surface area contributed by atoms with Gasteiger partial charge in [-0.2, -0.15) is 0 Å². The number of piperidine rings is 1. The number of rotatable bonds is 5. The van der Waals surface area contributed by atoms with Crippen LogP contribution in [0.25, 0.3) is 0 Å². The molecule has 2 aliphatic heterocycles. The molecule has 2 aliphatic rings. The average molecular weight is 358 g/mol. The van der Waals surface area contributed by atoms with E-state index in [-0.39, 0.29) is 11.7 Å². The molecule has 0 saturated carbocycles. The van der Waals surface area contributed by atoms with Crippen molar-refractivity contribution < 1.29 is 9.47 Å². The Morgan fingerprint density at radius 1 is 1.22 bits per heavy atom. The molecule has 2 atom stereocenters. The lowest BCUT2D eigenvalue weighted by Crippen LogP contribution is -2.44. The fraction of sp³-hybridized carbons (Fsp3) is 0.667. The monoisotopic (exact) mass is 357 g/mol. The van der Waals surface area contributed by atoms with Gasteiger partial charge in [0.2, 0.25) is 0 Å².